The molecule has 0 saturated heterocycles. The van der Waals surface area contributed by atoms with Crippen molar-refractivity contribution in [3.63, 3.8) is 0 Å². The van der Waals surface area contributed by atoms with Crippen molar-refractivity contribution in [3.8, 4) is 0 Å². The summed E-state index contributed by atoms with van der Waals surface area (Å²) in [5.74, 6) is 0.572. The summed E-state index contributed by atoms with van der Waals surface area (Å²) >= 11 is 0. The Hall–Kier alpha value is -1.04. The van der Waals surface area contributed by atoms with Gasteiger partial charge in [0.15, 0.2) is 0 Å². The Morgan fingerprint density at radius 2 is 2.00 bits per heavy atom. The lowest BCUT2D eigenvalue weighted by molar-refractivity contribution is -0.166. The molecule has 1 heterocycles. The highest BCUT2D eigenvalue weighted by molar-refractivity contribution is 5.22. The number of nitrogens with one attached hydrogen (secondary N) is 1. The number of nitrogens with zero attached hydrogens (tertiary/aromatic N) is 1. The smallest absolute Gasteiger partial charge is 0.361 e. The van der Waals surface area contributed by atoms with Gasteiger partial charge in [-0.1, -0.05) is 5.16 Å². The highest BCUT2D eigenvalue weighted by atomic mass is 19.4. The van der Waals surface area contributed by atoms with Gasteiger partial charge < -0.3 is 4.52 Å². The summed E-state index contributed by atoms with van der Waals surface area (Å²) in [7, 11) is 0. The van der Waals surface area contributed by atoms with Crippen LogP contribution in [0, 0.1) is 13.8 Å². The molecule has 0 radical (unpaired) electrons. The van der Waals surface area contributed by atoms with Gasteiger partial charge in [-0.05, 0) is 26.7 Å². The number of hydrogen-bond donors (Lipinski definition) is 1. The number of rotatable bonds is 3. The minimum Gasteiger partial charge on any atom is -0.361 e. The molecular weight excluding hydrogens is 221 g/mol. The number of aryl methyl sites for hydroxylation is 2. The molecule has 1 fully saturated rings. The van der Waals surface area contributed by atoms with E-state index in [-0.39, 0.29) is 19.4 Å². The van der Waals surface area contributed by atoms with Gasteiger partial charge in [0.2, 0.25) is 0 Å². The van der Waals surface area contributed by atoms with Gasteiger partial charge in [0, 0.05) is 12.1 Å². The molecular formula is C10H13F3N2O. The van der Waals surface area contributed by atoms with Crippen molar-refractivity contribution in [2.24, 2.45) is 0 Å². The molecule has 0 aliphatic heterocycles. The van der Waals surface area contributed by atoms with Crippen LogP contribution in [0.2, 0.25) is 0 Å². The van der Waals surface area contributed by atoms with Crippen LogP contribution in [0.25, 0.3) is 0 Å². The maximum atomic E-state index is 12.6. The fourth-order valence-corrected chi connectivity index (χ4v) is 1.70. The maximum absolute atomic E-state index is 12.6. The van der Waals surface area contributed by atoms with Gasteiger partial charge >= 0.3 is 6.18 Å². The molecule has 16 heavy (non-hydrogen) atoms. The quantitative estimate of drug-likeness (QED) is 0.873. The summed E-state index contributed by atoms with van der Waals surface area (Å²) in [6.45, 7) is 3.57. The zero-order chi connectivity index (χ0) is 12.0. The highest BCUT2D eigenvalue weighted by Gasteiger charge is 2.63. The molecule has 0 spiro atoms. The van der Waals surface area contributed by atoms with E-state index < -0.39 is 11.7 Å². The normalized spacial score (nSPS) is 18.8. The van der Waals surface area contributed by atoms with Crippen LogP contribution in [-0.4, -0.2) is 16.9 Å². The molecule has 1 aliphatic carbocycles. The summed E-state index contributed by atoms with van der Waals surface area (Å²) in [6, 6.07) is 0. The lowest BCUT2D eigenvalue weighted by atomic mass is 10.2. The molecule has 1 aromatic heterocycles. The van der Waals surface area contributed by atoms with Gasteiger partial charge in [-0.25, -0.2) is 0 Å². The molecule has 0 aromatic carbocycles. The lowest BCUT2D eigenvalue weighted by Gasteiger charge is -2.20. The first-order valence-corrected chi connectivity index (χ1v) is 5.09. The first-order valence-electron chi connectivity index (χ1n) is 5.09. The minimum atomic E-state index is -4.17. The van der Waals surface area contributed by atoms with Gasteiger partial charge in [0.1, 0.15) is 11.3 Å². The monoisotopic (exact) mass is 234 g/mol. The molecule has 0 bridgehead atoms. The van der Waals surface area contributed by atoms with E-state index in [1.54, 1.807) is 13.8 Å². The first kappa shape index (κ1) is 11.4. The van der Waals surface area contributed by atoms with E-state index in [0.717, 1.165) is 5.56 Å². The lowest BCUT2D eigenvalue weighted by Crippen LogP contribution is -2.44. The predicted octanol–water partition coefficient (Wildman–Crippen LogP) is 2.48. The molecule has 1 N–H and O–H groups in total. The average Bonchev–Trinajstić information content (AvgIpc) is 2.89. The predicted molar refractivity (Wildman–Crippen MR) is 50.8 cm³/mol. The van der Waals surface area contributed by atoms with Gasteiger partial charge in [0.25, 0.3) is 0 Å². The summed E-state index contributed by atoms with van der Waals surface area (Å²) in [4.78, 5) is 0. The van der Waals surface area contributed by atoms with E-state index in [2.05, 4.69) is 10.5 Å². The van der Waals surface area contributed by atoms with Crippen LogP contribution in [0.4, 0.5) is 13.2 Å². The summed E-state index contributed by atoms with van der Waals surface area (Å²) < 4.78 is 42.8. The van der Waals surface area contributed by atoms with E-state index >= 15 is 0 Å². The second-order valence-corrected chi connectivity index (χ2v) is 4.24. The van der Waals surface area contributed by atoms with Crippen LogP contribution in [0.15, 0.2) is 4.52 Å². The number of hydrogen-bond acceptors (Lipinski definition) is 3. The average molecular weight is 234 g/mol. The van der Waals surface area contributed by atoms with E-state index in [1.807, 2.05) is 0 Å². The number of aromatic nitrogens is 1. The van der Waals surface area contributed by atoms with Gasteiger partial charge in [-0.3, -0.25) is 5.32 Å². The maximum Gasteiger partial charge on any atom is 0.406 e. The second-order valence-electron chi connectivity index (χ2n) is 4.24. The SMILES string of the molecule is Cc1noc(C)c1CNC1(C(F)(F)F)CC1. The second kappa shape index (κ2) is 3.48. The van der Waals surface area contributed by atoms with Gasteiger partial charge in [-0.15, -0.1) is 0 Å². The van der Waals surface area contributed by atoms with Crippen LogP contribution in [0.5, 0.6) is 0 Å². The van der Waals surface area contributed by atoms with Crippen molar-refractivity contribution in [1.29, 1.82) is 0 Å². The number of halogens is 3. The minimum absolute atomic E-state index is 0.153. The highest BCUT2D eigenvalue weighted by Crippen LogP contribution is 2.49. The largest absolute Gasteiger partial charge is 0.406 e. The van der Waals surface area contributed by atoms with Gasteiger partial charge in [-0.2, -0.15) is 13.2 Å². The van der Waals surface area contributed by atoms with Crippen LogP contribution in [0.1, 0.15) is 29.9 Å². The zero-order valence-corrected chi connectivity index (χ0v) is 9.11. The molecule has 6 heteroatoms. The van der Waals surface area contributed by atoms with Crippen LogP contribution < -0.4 is 5.32 Å². The van der Waals surface area contributed by atoms with Gasteiger partial charge in [0.05, 0.1) is 5.69 Å². The topological polar surface area (TPSA) is 38.1 Å². The summed E-state index contributed by atoms with van der Waals surface area (Å²) in [6.07, 6.45) is -3.87. The molecule has 0 atom stereocenters. The zero-order valence-electron chi connectivity index (χ0n) is 9.11. The molecule has 1 aliphatic rings. The van der Waals surface area contributed by atoms with Crippen molar-refractivity contribution in [2.75, 3.05) is 0 Å². The third-order valence-corrected chi connectivity index (χ3v) is 3.08. The van der Waals surface area contributed by atoms with Crippen molar-refractivity contribution in [3.05, 3.63) is 17.0 Å². The van der Waals surface area contributed by atoms with Crippen molar-refractivity contribution >= 4 is 0 Å². The molecule has 1 aromatic rings. The Bertz CT molecular complexity index is 374. The molecule has 0 unspecified atom stereocenters. The molecule has 1 saturated carbocycles. The van der Waals surface area contributed by atoms with Crippen LogP contribution in [-0.2, 0) is 6.54 Å². The molecule has 90 valence electrons. The Labute approximate surface area is 91.0 Å². The van der Waals surface area contributed by atoms with Crippen molar-refractivity contribution in [2.45, 2.75) is 44.9 Å². The Morgan fingerprint density at radius 1 is 1.38 bits per heavy atom. The van der Waals surface area contributed by atoms with Crippen molar-refractivity contribution < 1.29 is 17.7 Å². The van der Waals surface area contributed by atoms with E-state index in [4.69, 9.17) is 4.52 Å². The number of alkyl halides is 3. The third kappa shape index (κ3) is 1.81. The summed E-state index contributed by atoms with van der Waals surface area (Å²) in [5, 5.41) is 6.27. The fourth-order valence-electron chi connectivity index (χ4n) is 1.70. The van der Waals surface area contributed by atoms with E-state index in [0.29, 0.717) is 11.5 Å². The summed E-state index contributed by atoms with van der Waals surface area (Å²) in [5.41, 5.74) is -0.318. The molecule has 3 nitrogen and oxygen atoms in total. The van der Waals surface area contributed by atoms with E-state index in [1.165, 1.54) is 0 Å². The standard InChI is InChI=1S/C10H13F3N2O/c1-6-8(7(2)16-15-6)5-14-9(3-4-9)10(11,12)13/h14H,3-5H2,1-2H3. The molecule has 2 rings (SSSR count). The Kier molecular flexibility index (Phi) is 2.49. The van der Waals surface area contributed by atoms with Crippen LogP contribution >= 0.6 is 0 Å². The fraction of sp³-hybridized carbons (Fsp3) is 0.700. The Balaban J connectivity index is 2.04. The van der Waals surface area contributed by atoms with E-state index in [9.17, 15) is 13.2 Å². The van der Waals surface area contributed by atoms with Crippen LogP contribution in [0.3, 0.4) is 0 Å². The van der Waals surface area contributed by atoms with Crippen molar-refractivity contribution in [1.82, 2.24) is 10.5 Å². The third-order valence-electron chi connectivity index (χ3n) is 3.08. The molecule has 0 amide bonds. The Morgan fingerprint density at radius 3 is 2.38 bits per heavy atom. The first-order chi connectivity index (χ1) is 7.36.